The lowest BCUT2D eigenvalue weighted by molar-refractivity contribution is -0.125. The van der Waals surface area contributed by atoms with Gasteiger partial charge in [0.05, 0.1) is 17.1 Å². The molecule has 0 radical (unpaired) electrons. The molecule has 2 aromatic heterocycles. The molecule has 1 N–H and O–H groups in total. The molecule has 8 heteroatoms. The summed E-state index contributed by atoms with van der Waals surface area (Å²) in [5.74, 6) is 0.101. The third kappa shape index (κ3) is 4.82. The molecule has 4 aromatic rings. The number of nitrogens with zero attached hydrogens (tertiary/aromatic N) is 3. The molecule has 0 saturated carbocycles. The molecule has 3 heterocycles. The first-order chi connectivity index (χ1) is 16.7. The van der Waals surface area contributed by atoms with E-state index in [1.54, 1.807) is 6.20 Å². The molecule has 34 heavy (non-hydrogen) atoms. The van der Waals surface area contributed by atoms with Gasteiger partial charge in [0.25, 0.3) is 5.91 Å². The van der Waals surface area contributed by atoms with Gasteiger partial charge in [-0.1, -0.05) is 36.4 Å². The maximum Gasteiger partial charge on any atom is 0.265 e. The SMILES string of the molecule is O=C(CN1C(=O)COc2ccc(-c3csc(-c4ccccn4)n3)cc21)NCCc1ccccc1. The predicted octanol–water partition coefficient (Wildman–Crippen LogP) is 3.96. The molecule has 0 bridgehead atoms. The molecule has 5 rings (SSSR count). The number of ether oxygens (including phenoxy) is 1. The van der Waals surface area contributed by atoms with Gasteiger partial charge in [-0.2, -0.15) is 0 Å². The first kappa shape index (κ1) is 21.8. The van der Waals surface area contributed by atoms with E-state index in [0.29, 0.717) is 18.0 Å². The van der Waals surface area contributed by atoms with Crippen LogP contribution >= 0.6 is 11.3 Å². The van der Waals surface area contributed by atoms with Gasteiger partial charge in [-0.25, -0.2) is 4.98 Å². The molecule has 0 spiro atoms. The van der Waals surface area contributed by atoms with Gasteiger partial charge in [0.2, 0.25) is 5.91 Å². The quantitative estimate of drug-likeness (QED) is 0.442. The number of amides is 2. The number of aromatic nitrogens is 2. The summed E-state index contributed by atoms with van der Waals surface area (Å²) in [6.45, 7) is 0.344. The monoisotopic (exact) mass is 470 g/mol. The average Bonchev–Trinajstić information content (AvgIpc) is 3.37. The van der Waals surface area contributed by atoms with Crippen LogP contribution in [0, 0.1) is 0 Å². The Morgan fingerprint density at radius 3 is 2.74 bits per heavy atom. The van der Waals surface area contributed by atoms with Crippen molar-refractivity contribution in [3.8, 4) is 27.7 Å². The summed E-state index contributed by atoms with van der Waals surface area (Å²) < 4.78 is 5.60. The lowest BCUT2D eigenvalue weighted by Crippen LogP contribution is -2.45. The molecule has 2 aromatic carbocycles. The fraction of sp³-hybridized carbons (Fsp3) is 0.154. The third-order valence-corrected chi connectivity index (χ3v) is 6.33. The van der Waals surface area contributed by atoms with Crippen molar-refractivity contribution in [1.29, 1.82) is 0 Å². The fourth-order valence-corrected chi connectivity index (χ4v) is 4.54. The molecule has 0 fully saturated rings. The molecular weight excluding hydrogens is 448 g/mol. The van der Waals surface area contributed by atoms with E-state index in [2.05, 4.69) is 10.3 Å². The van der Waals surface area contributed by atoms with Crippen LogP contribution in [0.1, 0.15) is 5.56 Å². The number of benzene rings is 2. The van der Waals surface area contributed by atoms with Gasteiger partial charge >= 0.3 is 0 Å². The van der Waals surface area contributed by atoms with Crippen LogP contribution in [0.4, 0.5) is 5.69 Å². The first-order valence-corrected chi connectivity index (χ1v) is 11.8. The highest BCUT2D eigenvalue weighted by Crippen LogP contribution is 2.37. The number of hydrogen-bond acceptors (Lipinski definition) is 6. The maximum atomic E-state index is 12.6. The normalized spacial score (nSPS) is 12.7. The minimum absolute atomic E-state index is 0.0658. The van der Waals surface area contributed by atoms with Gasteiger partial charge in [-0.05, 0) is 42.3 Å². The number of thiazole rings is 1. The Hall–Kier alpha value is -4.04. The van der Waals surface area contributed by atoms with Crippen molar-refractivity contribution in [2.24, 2.45) is 0 Å². The first-order valence-electron chi connectivity index (χ1n) is 10.9. The van der Waals surface area contributed by atoms with Gasteiger partial charge in [0.15, 0.2) is 6.61 Å². The summed E-state index contributed by atoms with van der Waals surface area (Å²) in [6.07, 6.45) is 2.47. The van der Waals surface area contributed by atoms with Gasteiger partial charge in [0.1, 0.15) is 17.3 Å². The summed E-state index contributed by atoms with van der Waals surface area (Å²) in [6, 6.07) is 21.2. The Labute approximate surface area is 201 Å². The smallest absolute Gasteiger partial charge is 0.265 e. The molecule has 1 aliphatic rings. The zero-order valence-corrected chi connectivity index (χ0v) is 19.1. The van der Waals surface area contributed by atoms with E-state index >= 15 is 0 Å². The minimum atomic E-state index is -0.254. The highest BCUT2D eigenvalue weighted by atomic mass is 32.1. The number of rotatable bonds is 7. The summed E-state index contributed by atoms with van der Waals surface area (Å²) in [4.78, 5) is 35.8. The van der Waals surface area contributed by atoms with E-state index in [1.807, 2.05) is 72.1 Å². The van der Waals surface area contributed by atoms with Crippen LogP contribution in [0.15, 0.2) is 78.3 Å². The number of carbonyl (C=O) groups is 2. The van der Waals surface area contributed by atoms with E-state index in [1.165, 1.54) is 16.2 Å². The lowest BCUT2D eigenvalue weighted by atomic mass is 10.1. The second-order valence-electron chi connectivity index (χ2n) is 7.79. The molecule has 170 valence electrons. The van der Waals surface area contributed by atoms with Crippen LogP contribution in [-0.2, 0) is 16.0 Å². The van der Waals surface area contributed by atoms with E-state index in [9.17, 15) is 9.59 Å². The number of nitrogens with one attached hydrogen (secondary N) is 1. The number of fused-ring (bicyclic) bond motifs is 1. The van der Waals surface area contributed by atoms with Gasteiger partial charge in [-0.15, -0.1) is 11.3 Å². The summed E-state index contributed by atoms with van der Waals surface area (Å²) >= 11 is 1.50. The van der Waals surface area contributed by atoms with Crippen LogP contribution < -0.4 is 15.0 Å². The minimum Gasteiger partial charge on any atom is -0.482 e. The highest BCUT2D eigenvalue weighted by Gasteiger charge is 2.28. The van der Waals surface area contributed by atoms with Crippen molar-refractivity contribution in [2.75, 3.05) is 24.6 Å². The third-order valence-electron chi connectivity index (χ3n) is 5.47. The number of pyridine rings is 1. The topological polar surface area (TPSA) is 84.4 Å². The van der Waals surface area contributed by atoms with Crippen molar-refractivity contribution < 1.29 is 14.3 Å². The Balaban J connectivity index is 1.31. The highest BCUT2D eigenvalue weighted by molar-refractivity contribution is 7.13. The zero-order chi connectivity index (χ0) is 23.3. The Morgan fingerprint density at radius 1 is 1.06 bits per heavy atom. The largest absolute Gasteiger partial charge is 0.482 e. The Kier molecular flexibility index (Phi) is 6.31. The zero-order valence-electron chi connectivity index (χ0n) is 18.3. The maximum absolute atomic E-state index is 12.6. The van der Waals surface area contributed by atoms with Crippen molar-refractivity contribution in [3.63, 3.8) is 0 Å². The van der Waals surface area contributed by atoms with E-state index < -0.39 is 0 Å². The number of anilines is 1. The second kappa shape index (κ2) is 9.84. The Morgan fingerprint density at radius 2 is 1.91 bits per heavy atom. The predicted molar refractivity (Wildman–Crippen MR) is 132 cm³/mol. The van der Waals surface area contributed by atoms with Gasteiger partial charge in [-0.3, -0.25) is 19.5 Å². The van der Waals surface area contributed by atoms with Crippen molar-refractivity contribution >= 4 is 28.8 Å². The van der Waals surface area contributed by atoms with Crippen LogP contribution in [0.25, 0.3) is 22.0 Å². The number of hydrogen-bond donors (Lipinski definition) is 1. The van der Waals surface area contributed by atoms with E-state index in [4.69, 9.17) is 9.72 Å². The molecular formula is C26H22N4O3S. The van der Waals surface area contributed by atoms with Crippen LogP contribution in [0.3, 0.4) is 0 Å². The van der Waals surface area contributed by atoms with E-state index in [-0.39, 0.29) is 25.0 Å². The molecule has 7 nitrogen and oxygen atoms in total. The molecule has 0 unspecified atom stereocenters. The average molecular weight is 471 g/mol. The van der Waals surface area contributed by atoms with E-state index in [0.717, 1.165) is 33.9 Å². The van der Waals surface area contributed by atoms with Gasteiger partial charge < -0.3 is 10.1 Å². The summed E-state index contributed by atoms with van der Waals surface area (Å²) in [5, 5.41) is 5.68. The van der Waals surface area contributed by atoms with Crippen molar-refractivity contribution in [2.45, 2.75) is 6.42 Å². The molecule has 1 aliphatic heterocycles. The van der Waals surface area contributed by atoms with Crippen molar-refractivity contribution in [3.05, 3.63) is 83.9 Å². The lowest BCUT2D eigenvalue weighted by Gasteiger charge is -2.29. The second-order valence-corrected chi connectivity index (χ2v) is 8.65. The molecule has 0 saturated heterocycles. The molecule has 2 amide bonds. The van der Waals surface area contributed by atoms with Crippen molar-refractivity contribution in [1.82, 2.24) is 15.3 Å². The van der Waals surface area contributed by atoms with Crippen LogP contribution in [0.2, 0.25) is 0 Å². The summed E-state index contributed by atoms with van der Waals surface area (Å²) in [7, 11) is 0. The fourth-order valence-electron chi connectivity index (χ4n) is 3.74. The summed E-state index contributed by atoms with van der Waals surface area (Å²) in [5.41, 5.74) is 4.14. The molecule has 0 atom stereocenters. The van der Waals surface area contributed by atoms with Crippen LogP contribution in [0.5, 0.6) is 5.75 Å². The van der Waals surface area contributed by atoms with Crippen LogP contribution in [-0.4, -0.2) is 41.5 Å². The molecule has 0 aliphatic carbocycles. The standard InChI is InChI=1S/C26H22N4O3S/c31-24(28-13-11-18-6-2-1-3-7-18)15-30-22-14-19(9-10-23(22)33-16-25(30)32)21-17-34-26(29-21)20-8-4-5-12-27-20/h1-10,12,14,17H,11,13,15-16H2,(H,28,31). The van der Waals surface area contributed by atoms with Gasteiger partial charge in [0, 0.05) is 23.7 Å². The number of carbonyl (C=O) groups excluding carboxylic acids is 2. The Bertz CT molecular complexity index is 1310.